The number of imidazole rings is 1. The summed E-state index contributed by atoms with van der Waals surface area (Å²) >= 11 is 0. The molecule has 0 radical (unpaired) electrons. The van der Waals surface area contributed by atoms with Gasteiger partial charge in [-0.05, 0) is 27.9 Å². The Morgan fingerprint density at radius 3 is 2.82 bits per heavy atom. The second-order valence-corrected chi connectivity index (χ2v) is 6.37. The van der Waals surface area contributed by atoms with E-state index in [-0.39, 0.29) is 12.0 Å². The Hall–Kier alpha value is -1.40. The van der Waals surface area contributed by atoms with Crippen molar-refractivity contribution < 1.29 is 9.53 Å². The Morgan fingerprint density at radius 1 is 1.45 bits per heavy atom. The average molecular weight is 308 g/mol. The van der Waals surface area contributed by atoms with E-state index in [0.717, 1.165) is 25.5 Å². The van der Waals surface area contributed by atoms with E-state index in [4.69, 9.17) is 4.74 Å². The molecule has 0 aliphatic carbocycles. The van der Waals surface area contributed by atoms with E-state index in [9.17, 15) is 4.79 Å². The minimum atomic E-state index is 0.228. The van der Waals surface area contributed by atoms with Crippen LogP contribution in [0.2, 0.25) is 0 Å². The molecule has 1 aromatic rings. The molecule has 0 aromatic carbocycles. The van der Waals surface area contributed by atoms with E-state index in [0.29, 0.717) is 25.5 Å². The Balaban J connectivity index is 1.73. The van der Waals surface area contributed by atoms with Gasteiger partial charge in [0.05, 0.1) is 12.7 Å². The zero-order valence-electron chi connectivity index (χ0n) is 14.2. The van der Waals surface area contributed by atoms with Crippen molar-refractivity contribution in [3.63, 3.8) is 0 Å². The number of likely N-dealkylation sites (tertiary alicyclic amines) is 1. The van der Waals surface area contributed by atoms with Crippen LogP contribution in [-0.4, -0.2) is 71.2 Å². The molecule has 0 unspecified atom stereocenters. The first-order chi connectivity index (χ1) is 10.5. The molecule has 0 spiro atoms. The highest BCUT2D eigenvalue weighted by atomic mass is 16.5. The maximum absolute atomic E-state index is 12.1. The van der Waals surface area contributed by atoms with Crippen molar-refractivity contribution in [2.45, 2.75) is 45.4 Å². The quantitative estimate of drug-likeness (QED) is 0.719. The molecule has 124 valence electrons. The van der Waals surface area contributed by atoms with E-state index in [2.05, 4.69) is 28.5 Å². The molecule has 2 rings (SSSR count). The number of hydrogen-bond acceptors (Lipinski definition) is 4. The van der Waals surface area contributed by atoms with E-state index in [1.165, 1.54) is 0 Å². The highest BCUT2D eigenvalue weighted by Crippen LogP contribution is 2.14. The number of carbonyl (C=O) groups is 1. The number of nitrogens with zero attached hydrogens (tertiary/aromatic N) is 4. The zero-order valence-corrected chi connectivity index (χ0v) is 14.2. The summed E-state index contributed by atoms with van der Waals surface area (Å²) in [6, 6.07) is 0.513. The Bertz CT molecular complexity index is 478. The first-order valence-corrected chi connectivity index (χ1v) is 8.03. The van der Waals surface area contributed by atoms with Gasteiger partial charge in [-0.2, -0.15) is 0 Å². The summed E-state index contributed by atoms with van der Waals surface area (Å²) in [6.07, 6.45) is 5.21. The molecule has 0 N–H and O–H groups in total. The number of carbonyl (C=O) groups excluding carboxylic acids is 1. The largest absolute Gasteiger partial charge is 0.377 e. The third kappa shape index (κ3) is 4.55. The summed E-state index contributed by atoms with van der Waals surface area (Å²) in [4.78, 5) is 20.6. The van der Waals surface area contributed by atoms with Gasteiger partial charge < -0.3 is 19.1 Å². The molecule has 2 heterocycles. The second kappa shape index (κ2) is 7.74. The SMILES string of the molecule is CC(C)OCCn1ccnc1CCC(=O)N1CC(N(C)C)C1. The summed E-state index contributed by atoms with van der Waals surface area (Å²) < 4.78 is 7.64. The summed E-state index contributed by atoms with van der Waals surface area (Å²) in [5, 5.41) is 0. The number of ether oxygens (including phenoxy) is 1. The van der Waals surface area contributed by atoms with E-state index in [1.807, 2.05) is 24.9 Å². The number of rotatable bonds is 8. The van der Waals surface area contributed by atoms with Crippen LogP contribution in [0.1, 0.15) is 26.1 Å². The lowest BCUT2D eigenvalue weighted by Gasteiger charge is -2.42. The molecule has 6 nitrogen and oxygen atoms in total. The van der Waals surface area contributed by atoms with Gasteiger partial charge in [-0.15, -0.1) is 0 Å². The third-order valence-corrected chi connectivity index (χ3v) is 4.09. The van der Waals surface area contributed by atoms with Gasteiger partial charge in [0.2, 0.25) is 5.91 Å². The van der Waals surface area contributed by atoms with Crippen molar-refractivity contribution in [2.24, 2.45) is 0 Å². The molecule has 0 bridgehead atoms. The highest BCUT2D eigenvalue weighted by Gasteiger charge is 2.31. The summed E-state index contributed by atoms with van der Waals surface area (Å²) in [7, 11) is 4.12. The van der Waals surface area contributed by atoms with Crippen LogP contribution in [0.15, 0.2) is 12.4 Å². The number of aryl methyl sites for hydroxylation is 1. The monoisotopic (exact) mass is 308 g/mol. The molecule has 1 aliphatic heterocycles. The molecule has 6 heteroatoms. The van der Waals surface area contributed by atoms with Crippen molar-refractivity contribution in [1.29, 1.82) is 0 Å². The normalized spacial score (nSPS) is 15.6. The van der Waals surface area contributed by atoms with Crippen LogP contribution in [0, 0.1) is 0 Å². The van der Waals surface area contributed by atoms with Gasteiger partial charge in [0, 0.05) is 50.9 Å². The first kappa shape index (κ1) is 17.0. The number of hydrogen-bond donors (Lipinski definition) is 0. The van der Waals surface area contributed by atoms with E-state index >= 15 is 0 Å². The van der Waals surface area contributed by atoms with Crippen LogP contribution in [0.25, 0.3) is 0 Å². The van der Waals surface area contributed by atoms with Crippen molar-refractivity contribution in [3.05, 3.63) is 18.2 Å². The van der Waals surface area contributed by atoms with Gasteiger partial charge in [-0.25, -0.2) is 4.98 Å². The molecule has 0 saturated carbocycles. The molecule has 0 atom stereocenters. The maximum Gasteiger partial charge on any atom is 0.223 e. The predicted octanol–water partition coefficient (Wildman–Crippen LogP) is 1.01. The maximum atomic E-state index is 12.1. The van der Waals surface area contributed by atoms with Gasteiger partial charge >= 0.3 is 0 Å². The summed E-state index contributed by atoms with van der Waals surface area (Å²) in [6.45, 7) is 7.22. The van der Waals surface area contributed by atoms with Crippen molar-refractivity contribution >= 4 is 5.91 Å². The smallest absolute Gasteiger partial charge is 0.223 e. The van der Waals surface area contributed by atoms with Gasteiger partial charge in [-0.1, -0.05) is 0 Å². The fourth-order valence-corrected chi connectivity index (χ4v) is 2.52. The van der Waals surface area contributed by atoms with Gasteiger partial charge in [0.25, 0.3) is 0 Å². The number of likely N-dealkylation sites (N-methyl/N-ethyl adjacent to an activating group) is 1. The van der Waals surface area contributed by atoms with Gasteiger partial charge in [-0.3, -0.25) is 4.79 Å². The van der Waals surface area contributed by atoms with E-state index < -0.39 is 0 Å². The molecule has 22 heavy (non-hydrogen) atoms. The van der Waals surface area contributed by atoms with Crippen molar-refractivity contribution in [3.8, 4) is 0 Å². The molecular formula is C16H28N4O2. The predicted molar refractivity (Wildman–Crippen MR) is 85.7 cm³/mol. The lowest BCUT2D eigenvalue weighted by molar-refractivity contribution is -0.137. The first-order valence-electron chi connectivity index (χ1n) is 8.03. The van der Waals surface area contributed by atoms with Crippen molar-refractivity contribution in [2.75, 3.05) is 33.8 Å². The van der Waals surface area contributed by atoms with E-state index in [1.54, 1.807) is 6.20 Å². The summed E-state index contributed by atoms with van der Waals surface area (Å²) in [5.41, 5.74) is 0. The van der Waals surface area contributed by atoms with Crippen LogP contribution in [0.3, 0.4) is 0 Å². The Labute approximate surface area is 133 Å². The van der Waals surface area contributed by atoms with Crippen molar-refractivity contribution in [1.82, 2.24) is 19.4 Å². The molecule has 1 fully saturated rings. The molecule has 1 aromatic heterocycles. The zero-order chi connectivity index (χ0) is 16.1. The lowest BCUT2D eigenvalue weighted by atomic mass is 10.1. The average Bonchev–Trinajstić information content (AvgIpc) is 2.81. The van der Waals surface area contributed by atoms with Crippen LogP contribution in [0.4, 0.5) is 0 Å². The second-order valence-electron chi connectivity index (χ2n) is 6.37. The molecule has 1 amide bonds. The molecule has 1 saturated heterocycles. The summed E-state index contributed by atoms with van der Waals surface area (Å²) in [5.74, 6) is 1.19. The fraction of sp³-hybridized carbons (Fsp3) is 0.750. The van der Waals surface area contributed by atoms with Crippen LogP contribution in [-0.2, 0) is 22.5 Å². The third-order valence-electron chi connectivity index (χ3n) is 4.09. The fourth-order valence-electron chi connectivity index (χ4n) is 2.52. The van der Waals surface area contributed by atoms with Crippen LogP contribution in [0.5, 0.6) is 0 Å². The minimum Gasteiger partial charge on any atom is -0.377 e. The Kier molecular flexibility index (Phi) is 5.97. The van der Waals surface area contributed by atoms with Crippen LogP contribution < -0.4 is 0 Å². The topological polar surface area (TPSA) is 50.6 Å². The van der Waals surface area contributed by atoms with Gasteiger partial charge in [0.15, 0.2) is 0 Å². The number of amides is 1. The Morgan fingerprint density at radius 2 is 2.18 bits per heavy atom. The standard InChI is InChI=1S/C16H28N4O2/c1-13(2)22-10-9-19-8-7-17-15(19)5-6-16(21)20-11-14(12-20)18(3)4/h7-8,13-14H,5-6,9-12H2,1-4H3. The lowest BCUT2D eigenvalue weighted by Crippen LogP contribution is -2.59. The highest BCUT2D eigenvalue weighted by molar-refractivity contribution is 5.77. The number of aromatic nitrogens is 2. The molecular weight excluding hydrogens is 280 g/mol. The van der Waals surface area contributed by atoms with Gasteiger partial charge in [0.1, 0.15) is 5.82 Å². The minimum absolute atomic E-state index is 0.228. The molecule has 1 aliphatic rings. The van der Waals surface area contributed by atoms with Crippen LogP contribution >= 0.6 is 0 Å².